The molecule has 5 rings (SSSR count). The van der Waals surface area contributed by atoms with Gasteiger partial charge in [-0.2, -0.15) is 0 Å². The first-order chi connectivity index (χ1) is 13.3. The predicted molar refractivity (Wildman–Crippen MR) is 106 cm³/mol. The fourth-order valence-corrected chi connectivity index (χ4v) is 3.92. The second kappa shape index (κ2) is 6.40. The molecule has 0 bridgehead atoms. The zero-order valence-corrected chi connectivity index (χ0v) is 14.8. The van der Waals surface area contributed by atoms with Gasteiger partial charge in [0, 0.05) is 23.4 Å². The van der Waals surface area contributed by atoms with Crippen LogP contribution in [0.3, 0.4) is 0 Å². The minimum absolute atomic E-state index is 0.0659. The van der Waals surface area contributed by atoms with Crippen molar-refractivity contribution in [3.63, 3.8) is 0 Å². The Kier molecular flexibility index (Phi) is 3.75. The van der Waals surface area contributed by atoms with Crippen LogP contribution in [0.2, 0.25) is 0 Å². The molecule has 2 aliphatic rings. The van der Waals surface area contributed by atoms with Crippen LogP contribution in [-0.4, -0.2) is 24.8 Å². The van der Waals surface area contributed by atoms with Crippen molar-refractivity contribution in [2.75, 3.05) is 18.1 Å². The number of fused-ring (bicyclic) bond motifs is 4. The molecule has 0 radical (unpaired) electrons. The Morgan fingerprint density at radius 3 is 2.15 bits per heavy atom. The molecule has 1 heterocycles. The van der Waals surface area contributed by atoms with E-state index in [0.717, 1.165) is 40.1 Å². The maximum absolute atomic E-state index is 12.6. The van der Waals surface area contributed by atoms with Gasteiger partial charge in [0.1, 0.15) is 5.71 Å². The van der Waals surface area contributed by atoms with E-state index in [1.165, 1.54) is 5.56 Å². The minimum atomic E-state index is -0.0673. The highest BCUT2D eigenvalue weighted by Gasteiger charge is 2.26. The lowest BCUT2D eigenvalue weighted by Gasteiger charge is -2.16. The van der Waals surface area contributed by atoms with Crippen LogP contribution >= 0.6 is 0 Å². The molecule has 3 aromatic carbocycles. The Bertz CT molecular complexity index is 1020. The standard InChI is InChI=1S/C23H18N2O2/c26-22(25-14-13-16-7-1-6-12-21(16)25)15-27-24-23-19-10-4-2-8-17(19)18-9-3-5-11-20(18)23/h1-12H,13-15H2. The van der Waals surface area contributed by atoms with E-state index in [4.69, 9.17) is 4.84 Å². The molecule has 0 spiro atoms. The van der Waals surface area contributed by atoms with Crippen LogP contribution in [0.1, 0.15) is 16.7 Å². The van der Waals surface area contributed by atoms with E-state index in [0.29, 0.717) is 6.54 Å². The van der Waals surface area contributed by atoms with Crippen molar-refractivity contribution >= 4 is 17.3 Å². The zero-order chi connectivity index (χ0) is 18.2. The Balaban J connectivity index is 1.37. The number of carbonyl (C=O) groups is 1. The predicted octanol–water partition coefficient (Wildman–Crippen LogP) is 4.03. The molecule has 0 aromatic heterocycles. The van der Waals surface area contributed by atoms with Crippen LogP contribution in [0.25, 0.3) is 11.1 Å². The maximum atomic E-state index is 12.6. The average molecular weight is 354 g/mol. The summed E-state index contributed by atoms with van der Waals surface area (Å²) < 4.78 is 0. The second-order valence-electron chi connectivity index (χ2n) is 6.73. The fraction of sp³-hybridized carbons (Fsp3) is 0.130. The number of para-hydroxylation sites is 1. The van der Waals surface area contributed by atoms with Gasteiger partial charge in [-0.25, -0.2) is 0 Å². The number of anilines is 1. The maximum Gasteiger partial charge on any atom is 0.267 e. The normalized spacial score (nSPS) is 13.8. The minimum Gasteiger partial charge on any atom is -0.385 e. The molecule has 0 saturated heterocycles. The van der Waals surface area contributed by atoms with E-state index in [1.54, 1.807) is 4.90 Å². The summed E-state index contributed by atoms with van der Waals surface area (Å²) in [5, 5.41) is 4.34. The van der Waals surface area contributed by atoms with Gasteiger partial charge in [0.05, 0.1) is 0 Å². The van der Waals surface area contributed by atoms with Crippen molar-refractivity contribution in [3.8, 4) is 11.1 Å². The van der Waals surface area contributed by atoms with Crippen molar-refractivity contribution in [3.05, 3.63) is 89.5 Å². The molecule has 0 N–H and O–H groups in total. The first-order valence-corrected chi connectivity index (χ1v) is 9.10. The lowest BCUT2D eigenvalue weighted by molar-refractivity contribution is -0.122. The first-order valence-electron chi connectivity index (χ1n) is 9.10. The van der Waals surface area contributed by atoms with Gasteiger partial charge >= 0.3 is 0 Å². The molecule has 0 unspecified atom stereocenters. The number of hydrogen-bond donors (Lipinski definition) is 0. The topological polar surface area (TPSA) is 41.9 Å². The third-order valence-corrected chi connectivity index (χ3v) is 5.19. The van der Waals surface area contributed by atoms with Crippen LogP contribution in [-0.2, 0) is 16.1 Å². The molecule has 0 atom stereocenters. The summed E-state index contributed by atoms with van der Waals surface area (Å²) in [4.78, 5) is 19.9. The highest BCUT2D eigenvalue weighted by molar-refractivity contribution is 6.24. The highest BCUT2D eigenvalue weighted by atomic mass is 16.6. The third kappa shape index (κ3) is 2.61. The highest BCUT2D eigenvalue weighted by Crippen LogP contribution is 2.36. The summed E-state index contributed by atoms with van der Waals surface area (Å²) in [6, 6.07) is 24.3. The van der Waals surface area contributed by atoms with E-state index in [9.17, 15) is 4.79 Å². The van der Waals surface area contributed by atoms with Gasteiger partial charge in [-0.05, 0) is 29.2 Å². The lowest BCUT2D eigenvalue weighted by atomic mass is 10.1. The molecule has 0 fully saturated rings. The summed E-state index contributed by atoms with van der Waals surface area (Å²) in [6.45, 7) is 0.631. The van der Waals surface area contributed by atoms with E-state index in [-0.39, 0.29) is 12.5 Å². The van der Waals surface area contributed by atoms with Gasteiger partial charge in [0.25, 0.3) is 5.91 Å². The summed E-state index contributed by atoms with van der Waals surface area (Å²) in [5.74, 6) is -0.0659. The molecule has 1 amide bonds. The fourth-order valence-electron chi connectivity index (χ4n) is 3.92. The van der Waals surface area contributed by atoms with Crippen molar-refractivity contribution in [2.24, 2.45) is 5.16 Å². The number of hydrogen-bond acceptors (Lipinski definition) is 3. The molecule has 0 saturated carbocycles. The molecule has 3 aromatic rings. The van der Waals surface area contributed by atoms with Gasteiger partial charge in [0.2, 0.25) is 0 Å². The number of nitrogens with zero attached hydrogens (tertiary/aromatic N) is 2. The Hall–Kier alpha value is -3.40. The molecule has 1 aliphatic heterocycles. The number of carbonyl (C=O) groups excluding carboxylic acids is 1. The smallest absolute Gasteiger partial charge is 0.267 e. The monoisotopic (exact) mass is 354 g/mol. The Morgan fingerprint density at radius 2 is 1.44 bits per heavy atom. The van der Waals surface area contributed by atoms with Crippen LogP contribution in [0.15, 0.2) is 78.0 Å². The molecule has 1 aliphatic carbocycles. The molecule has 132 valence electrons. The summed E-state index contributed by atoms with van der Waals surface area (Å²) >= 11 is 0. The number of rotatable bonds is 3. The largest absolute Gasteiger partial charge is 0.385 e. The Morgan fingerprint density at radius 1 is 0.852 bits per heavy atom. The van der Waals surface area contributed by atoms with Gasteiger partial charge < -0.3 is 9.74 Å². The summed E-state index contributed by atoms with van der Waals surface area (Å²) in [7, 11) is 0. The van der Waals surface area contributed by atoms with Crippen LogP contribution in [0.5, 0.6) is 0 Å². The number of amides is 1. The zero-order valence-electron chi connectivity index (χ0n) is 14.8. The average Bonchev–Trinajstić information content (AvgIpc) is 3.28. The number of benzene rings is 3. The van der Waals surface area contributed by atoms with Gasteiger partial charge in [0.15, 0.2) is 6.61 Å². The van der Waals surface area contributed by atoms with E-state index in [2.05, 4.69) is 23.4 Å². The lowest BCUT2D eigenvalue weighted by Crippen LogP contribution is -2.32. The van der Waals surface area contributed by atoms with Gasteiger partial charge in [-0.1, -0.05) is 71.9 Å². The SMILES string of the molecule is O=C(CON=C1c2ccccc2-c2ccccc21)N1CCc2ccccc21. The summed E-state index contributed by atoms with van der Waals surface area (Å²) in [5.41, 5.74) is 7.35. The summed E-state index contributed by atoms with van der Waals surface area (Å²) in [6.07, 6.45) is 0.886. The third-order valence-electron chi connectivity index (χ3n) is 5.19. The first kappa shape index (κ1) is 15.8. The van der Waals surface area contributed by atoms with E-state index >= 15 is 0 Å². The molecule has 4 nitrogen and oxygen atoms in total. The molecular formula is C23H18N2O2. The van der Waals surface area contributed by atoms with Crippen molar-refractivity contribution in [1.82, 2.24) is 0 Å². The van der Waals surface area contributed by atoms with Crippen LogP contribution in [0, 0.1) is 0 Å². The van der Waals surface area contributed by atoms with Gasteiger partial charge in [-0.3, -0.25) is 4.79 Å². The van der Waals surface area contributed by atoms with Crippen LogP contribution in [0.4, 0.5) is 5.69 Å². The molecule has 4 heteroatoms. The van der Waals surface area contributed by atoms with Crippen LogP contribution < -0.4 is 4.90 Å². The molecular weight excluding hydrogens is 336 g/mol. The second-order valence-corrected chi connectivity index (χ2v) is 6.73. The Labute approximate surface area is 157 Å². The van der Waals surface area contributed by atoms with Crippen molar-refractivity contribution in [1.29, 1.82) is 0 Å². The van der Waals surface area contributed by atoms with E-state index < -0.39 is 0 Å². The van der Waals surface area contributed by atoms with E-state index in [1.807, 2.05) is 54.6 Å². The van der Waals surface area contributed by atoms with Crippen molar-refractivity contribution in [2.45, 2.75) is 6.42 Å². The number of oxime groups is 1. The quantitative estimate of drug-likeness (QED) is 0.521. The van der Waals surface area contributed by atoms with Crippen molar-refractivity contribution < 1.29 is 9.63 Å². The van der Waals surface area contributed by atoms with Gasteiger partial charge in [-0.15, -0.1) is 0 Å². The molecule has 27 heavy (non-hydrogen) atoms.